The Hall–Kier alpha value is -3.82. The summed E-state index contributed by atoms with van der Waals surface area (Å²) in [5.74, 6) is -0.180. The summed E-state index contributed by atoms with van der Waals surface area (Å²) in [5.41, 5.74) is -0.111. The van der Waals surface area contributed by atoms with Crippen LogP contribution in [-0.4, -0.2) is 30.2 Å². The average Bonchev–Trinajstić information content (AvgIpc) is 3.34. The van der Waals surface area contributed by atoms with Gasteiger partial charge < -0.3 is 23.9 Å². The van der Waals surface area contributed by atoms with Crippen molar-refractivity contribution in [1.82, 2.24) is 5.32 Å². The minimum Gasteiger partial charge on any atom is -0.467 e. The van der Waals surface area contributed by atoms with Gasteiger partial charge in [-0.15, -0.1) is 0 Å². The van der Waals surface area contributed by atoms with Gasteiger partial charge in [0.2, 0.25) is 6.79 Å². The van der Waals surface area contributed by atoms with Crippen LogP contribution in [0.25, 0.3) is 6.08 Å². The van der Waals surface area contributed by atoms with Gasteiger partial charge in [0, 0.05) is 6.08 Å². The Morgan fingerprint density at radius 1 is 1.36 bits per heavy atom. The number of esters is 1. The minimum absolute atomic E-state index is 0.0345. The molecule has 146 valence electrons. The van der Waals surface area contributed by atoms with E-state index in [1.807, 2.05) is 0 Å². The second kappa shape index (κ2) is 8.25. The van der Waals surface area contributed by atoms with Gasteiger partial charge in [-0.3, -0.25) is 14.9 Å². The van der Waals surface area contributed by atoms with Crippen LogP contribution >= 0.6 is 0 Å². The van der Waals surface area contributed by atoms with Crippen molar-refractivity contribution < 1.29 is 33.1 Å². The smallest absolute Gasteiger partial charge is 0.331 e. The van der Waals surface area contributed by atoms with Crippen LogP contribution in [0, 0.1) is 10.1 Å². The first-order valence-electron chi connectivity index (χ1n) is 8.19. The zero-order valence-corrected chi connectivity index (χ0v) is 14.7. The first kappa shape index (κ1) is 19.0. The number of amides is 1. The Kier molecular flexibility index (Phi) is 5.58. The Morgan fingerprint density at radius 3 is 2.79 bits per heavy atom. The van der Waals surface area contributed by atoms with E-state index in [2.05, 4.69) is 5.32 Å². The molecule has 0 saturated heterocycles. The molecular formula is C18H16N2O8. The monoisotopic (exact) mass is 388 g/mol. The lowest BCUT2D eigenvalue weighted by Crippen LogP contribution is -2.30. The van der Waals surface area contributed by atoms with Crippen LogP contribution in [0.2, 0.25) is 0 Å². The molecule has 0 bridgehead atoms. The molecule has 1 atom stereocenters. The highest BCUT2D eigenvalue weighted by Crippen LogP contribution is 2.38. The number of nitro groups is 1. The third kappa shape index (κ3) is 4.47. The maximum atomic E-state index is 11.8. The first-order chi connectivity index (χ1) is 13.4. The van der Waals surface area contributed by atoms with Gasteiger partial charge in [-0.2, -0.15) is 0 Å². The van der Waals surface area contributed by atoms with Crippen molar-refractivity contribution in [3.63, 3.8) is 0 Å². The normalized spacial score (nSPS) is 13.3. The number of furan rings is 1. The van der Waals surface area contributed by atoms with Crippen LogP contribution < -0.4 is 14.8 Å². The second-order valence-corrected chi connectivity index (χ2v) is 5.77. The molecule has 1 N–H and O–H groups in total. The molecule has 0 aliphatic carbocycles. The van der Waals surface area contributed by atoms with Crippen LogP contribution in [0.5, 0.6) is 11.5 Å². The van der Waals surface area contributed by atoms with Crippen LogP contribution in [0.1, 0.15) is 24.3 Å². The van der Waals surface area contributed by atoms with E-state index in [1.54, 1.807) is 19.1 Å². The van der Waals surface area contributed by atoms with Gasteiger partial charge in [-0.1, -0.05) is 0 Å². The number of nitrogens with zero attached hydrogens (tertiary/aromatic N) is 1. The summed E-state index contributed by atoms with van der Waals surface area (Å²) in [6.45, 7) is 1.18. The van der Waals surface area contributed by atoms with Crippen LogP contribution in [-0.2, 0) is 14.3 Å². The third-order valence-corrected chi connectivity index (χ3v) is 3.81. The maximum absolute atomic E-state index is 11.8. The van der Waals surface area contributed by atoms with E-state index in [0.717, 1.165) is 6.08 Å². The van der Waals surface area contributed by atoms with Gasteiger partial charge in [-0.05, 0) is 31.2 Å². The molecule has 10 nitrogen and oxygen atoms in total. The molecule has 0 fully saturated rings. The van der Waals surface area contributed by atoms with Crippen molar-refractivity contribution in [2.45, 2.75) is 13.0 Å². The van der Waals surface area contributed by atoms with Crippen molar-refractivity contribution in [1.29, 1.82) is 0 Å². The number of hydrogen-bond donors (Lipinski definition) is 1. The Labute approximate surface area is 158 Å². The molecule has 0 saturated carbocycles. The van der Waals surface area contributed by atoms with E-state index < -0.39 is 23.4 Å². The first-order valence-corrected chi connectivity index (χ1v) is 8.19. The molecule has 0 unspecified atom stereocenters. The number of carbonyl (C=O) groups excluding carboxylic acids is 2. The van der Waals surface area contributed by atoms with Crippen molar-refractivity contribution in [2.24, 2.45) is 0 Å². The zero-order valence-electron chi connectivity index (χ0n) is 14.7. The van der Waals surface area contributed by atoms with E-state index in [4.69, 9.17) is 18.6 Å². The van der Waals surface area contributed by atoms with Crippen molar-refractivity contribution in [3.8, 4) is 11.5 Å². The van der Waals surface area contributed by atoms with Gasteiger partial charge in [-0.25, -0.2) is 4.79 Å². The summed E-state index contributed by atoms with van der Waals surface area (Å²) < 4.78 is 20.3. The van der Waals surface area contributed by atoms with E-state index in [9.17, 15) is 19.7 Å². The fourth-order valence-electron chi connectivity index (χ4n) is 2.47. The molecule has 1 aliphatic rings. The van der Waals surface area contributed by atoms with E-state index in [1.165, 1.54) is 24.5 Å². The number of rotatable bonds is 7. The van der Waals surface area contributed by atoms with E-state index in [0.29, 0.717) is 11.5 Å². The summed E-state index contributed by atoms with van der Waals surface area (Å²) in [4.78, 5) is 34.2. The fourth-order valence-corrected chi connectivity index (χ4v) is 2.47. The quantitative estimate of drug-likeness (QED) is 0.331. The molecule has 10 heteroatoms. The maximum Gasteiger partial charge on any atom is 0.331 e. The van der Waals surface area contributed by atoms with Crippen LogP contribution in [0.3, 0.4) is 0 Å². The summed E-state index contributed by atoms with van der Waals surface area (Å²) >= 11 is 0. The van der Waals surface area contributed by atoms with Gasteiger partial charge >= 0.3 is 5.97 Å². The predicted molar refractivity (Wildman–Crippen MR) is 94.5 cm³/mol. The lowest BCUT2D eigenvalue weighted by molar-refractivity contribution is -0.385. The number of hydrogen-bond acceptors (Lipinski definition) is 8. The highest BCUT2D eigenvalue weighted by Gasteiger charge is 2.22. The highest BCUT2D eigenvalue weighted by molar-refractivity contribution is 5.90. The molecule has 1 aromatic carbocycles. The van der Waals surface area contributed by atoms with Gasteiger partial charge in [0.05, 0.1) is 28.9 Å². The molecular weight excluding hydrogens is 372 g/mol. The van der Waals surface area contributed by atoms with Gasteiger partial charge in [0.1, 0.15) is 5.76 Å². The second-order valence-electron chi connectivity index (χ2n) is 5.77. The van der Waals surface area contributed by atoms with Crippen molar-refractivity contribution >= 4 is 23.6 Å². The Bertz CT molecular complexity index is 920. The number of nitro benzene ring substituents is 1. The molecule has 0 radical (unpaired) electrons. The van der Waals surface area contributed by atoms with Crippen molar-refractivity contribution in [2.75, 3.05) is 13.4 Å². The van der Waals surface area contributed by atoms with Crippen molar-refractivity contribution in [3.05, 3.63) is 58.0 Å². The molecule has 28 heavy (non-hydrogen) atoms. The summed E-state index contributed by atoms with van der Waals surface area (Å²) in [6, 6.07) is 5.63. The van der Waals surface area contributed by atoms with Crippen LogP contribution in [0.15, 0.2) is 41.0 Å². The number of nitrogens with one attached hydrogen (secondary N) is 1. The summed E-state index contributed by atoms with van der Waals surface area (Å²) in [6.07, 6.45) is 3.69. The highest BCUT2D eigenvalue weighted by atomic mass is 16.7. The molecule has 2 heterocycles. The number of fused-ring (bicyclic) bond motifs is 1. The SMILES string of the molecule is C[C@@H](NC(=O)COC(=O)/C=C/c1cc2c(cc1[N+](=O)[O-])OCO2)c1ccco1. The largest absolute Gasteiger partial charge is 0.467 e. The Morgan fingerprint density at radius 2 is 2.11 bits per heavy atom. The third-order valence-electron chi connectivity index (χ3n) is 3.81. The minimum atomic E-state index is -0.826. The van der Waals surface area contributed by atoms with Gasteiger partial charge in [0.25, 0.3) is 11.6 Å². The molecule has 2 aromatic rings. The lowest BCUT2D eigenvalue weighted by atomic mass is 10.1. The molecule has 1 aliphatic heterocycles. The zero-order chi connectivity index (χ0) is 20.1. The lowest BCUT2D eigenvalue weighted by Gasteiger charge is -2.11. The number of ether oxygens (including phenoxy) is 3. The fraction of sp³-hybridized carbons (Fsp3) is 0.222. The Balaban J connectivity index is 1.57. The van der Waals surface area contributed by atoms with E-state index >= 15 is 0 Å². The van der Waals surface area contributed by atoms with Gasteiger partial charge in [0.15, 0.2) is 18.1 Å². The summed E-state index contributed by atoms with van der Waals surface area (Å²) in [5, 5.41) is 13.8. The van der Waals surface area contributed by atoms with E-state index in [-0.39, 0.29) is 29.8 Å². The number of carbonyl (C=O) groups is 2. The molecule has 1 amide bonds. The standard InChI is InChI=1S/C18H16N2O8/c1-11(14-3-2-6-25-14)19-17(21)9-26-18(22)5-4-12-7-15-16(28-10-27-15)8-13(12)20(23)24/h2-8,11H,9-10H2,1H3,(H,19,21)/b5-4+/t11-/m1/s1. The summed E-state index contributed by atoms with van der Waals surface area (Å²) in [7, 11) is 0. The molecule has 3 rings (SSSR count). The average molecular weight is 388 g/mol. The van der Waals surface area contributed by atoms with Crippen LogP contribution in [0.4, 0.5) is 5.69 Å². The molecule has 1 aromatic heterocycles. The predicted octanol–water partition coefficient (Wildman–Crippen LogP) is 2.35. The number of benzene rings is 1. The molecule has 0 spiro atoms. The topological polar surface area (TPSA) is 130 Å².